The van der Waals surface area contributed by atoms with Gasteiger partial charge in [-0.3, -0.25) is 9.69 Å². The number of benzene rings is 3. The van der Waals surface area contributed by atoms with Crippen LogP contribution >= 0.6 is 0 Å². The lowest BCUT2D eigenvalue weighted by molar-refractivity contribution is -0.107. The van der Waals surface area contributed by atoms with E-state index in [-0.39, 0.29) is 41.3 Å². The number of aliphatic hydroxyl groups is 1. The molecule has 0 aromatic heterocycles. The highest BCUT2D eigenvalue weighted by Crippen LogP contribution is 2.50. The third kappa shape index (κ3) is 3.89. The molecule has 3 aromatic rings. The second kappa shape index (κ2) is 9.11. The van der Waals surface area contributed by atoms with Gasteiger partial charge in [0.15, 0.2) is 6.23 Å². The molecule has 172 valence electrons. The molecule has 1 aliphatic heterocycles. The van der Waals surface area contributed by atoms with E-state index >= 15 is 0 Å². The lowest BCUT2D eigenvalue weighted by Gasteiger charge is -2.22. The van der Waals surface area contributed by atoms with E-state index < -0.39 is 31.0 Å². The predicted octanol–water partition coefficient (Wildman–Crippen LogP) is 4.41. The first-order valence-electron chi connectivity index (χ1n) is 10.2. The fourth-order valence-electron chi connectivity index (χ4n) is 4.02. The molecule has 0 aliphatic carbocycles. The zero-order chi connectivity index (χ0) is 23.7. The summed E-state index contributed by atoms with van der Waals surface area (Å²) in [7, 11) is 0. The average Bonchev–Trinajstić information content (AvgIpc) is 3.04. The van der Waals surface area contributed by atoms with Crippen molar-refractivity contribution in [1.29, 1.82) is 0 Å². The summed E-state index contributed by atoms with van der Waals surface area (Å²) in [6.45, 7) is 0.938. The Bertz CT molecular complexity index is 1230. The van der Waals surface area contributed by atoms with Gasteiger partial charge in [-0.1, -0.05) is 30.3 Å². The first kappa shape index (κ1) is 22.6. The molecule has 1 heterocycles. The van der Waals surface area contributed by atoms with Crippen LogP contribution in [0.4, 0.5) is 18.9 Å². The number of anilines is 1. The van der Waals surface area contributed by atoms with Crippen LogP contribution in [0.15, 0.2) is 42.5 Å². The van der Waals surface area contributed by atoms with Crippen molar-refractivity contribution in [3.8, 4) is 11.5 Å². The molecule has 0 spiro atoms. The molecule has 0 saturated heterocycles. The summed E-state index contributed by atoms with van der Waals surface area (Å²) in [5, 5.41) is 11.9. The van der Waals surface area contributed by atoms with Crippen molar-refractivity contribution in [2.45, 2.75) is 26.0 Å². The molecule has 1 amide bonds. The Hall–Kier alpha value is -3.59. The van der Waals surface area contributed by atoms with Gasteiger partial charge in [0.25, 0.3) is 12.3 Å². The van der Waals surface area contributed by atoms with Crippen LogP contribution in [-0.4, -0.2) is 36.9 Å². The zero-order valence-electron chi connectivity index (χ0n) is 17.6. The minimum atomic E-state index is -2.79. The summed E-state index contributed by atoms with van der Waals surface area (Å²) in [5.41, 5.74) is 0.0131. The number of carbonyl (C=O) groups excluding carboxylic acids is 2. The third-order valence-electron chi connectivity index (χ3n) is 5.33. The maximum atomic E-state index is 14.9. The SMILES string of the molecule is CCOc1c2c(c(OCC(F)F)c3ccccc13)C(O)N(c1ccc(CC=O)cc1F)C2=O. The Morgan fingerprint density at radius 2 is 1.82 bits per heavy atom. The molecular weight excluding hydrogens is 439 g/mol. The number of rotatable bonds is 8. The number of alkyl halides is 2. The van der Waals surface area contributed by atoms with Gasteiger partial charge in [-0.2, -0.15) is 0 Å². The molecule has 4 rings (SSSR count). The van der Waals surface area contributed by atoms with Gasteiger partial charge in [0, 0.05) is 17.2 Å². The number of fused-ring (bicyclic) bond motifs is 2. The molecular formula is C24H20F3NO5. The Morgan fingerprint density at radius 1 is 1.12 bits per heavy atom. The van der Waals surface area contributed by atoms with Crippen LogP contribution in [0, 0.1) is 5.82 Å². The number of hydrogen-bond donors (Lipinski definition) is 1. The molecule has 1 aliphatic rings. The lowest BCUT2D eigenvalue weighted by atomic mass is 9.98. The Morgan fingerprint density at radius 3 is 2.42 bits per heavy atom. The molecule has 1 atom stereocenters. The maximum absolute atomic E-state index is 14.9. The summed E-state index contributed by atoms with van der Waals surface area (Å²) in [4.78, 5) is 25.0. The molecule has 33 heavy (non-hydrogen) atoms. The van der Waals surface area contributed by atoms with Crippen LogP contribution in [0.3, 0.4) is 0 Å². The topological polar surface area (TPSA) is 76.1 Å². The number of ether oxygens (including phenoxy) is 2. The van der Waals surface area contributed by atoms with Crippen molar-refractivity contribution in [2.24, 2.45) is 0 Å². The molecule has 1 unspecified atom stereocenters. The maximum Gasteiger partial charge on any atom is 0.272 e. The smallest absolute Gasteiger partial charge is 0.272 e. The normalized spacial score (nSPS) is 15.3. The highest BCUT2D eigenvalue weighted by atomic mass is 19.3. The van der Waals surface area contributed by atoms with Crippen LogP contribution in [0.5, 0.6) is 11.5 Å². The number of halogens is 3. The molecule has 1 N–H and O–H groups in total. The van der Waals surface area contributed by atoms with Crippen molar-refractivity contribution in [1.82, 2.24) is 0 Å². The average molecular weight is 459 g/mol. The summed E-state index contributed by atoms with van der Waals surface area (Å²) >= 11 is 0. The molecule has 6 nitrogen and oxygen atoms in total. The molecule has 0 saturated carbocycles. The molecule has 0 bridgehead atoms. The third-order valence-corrected chi connectivity index (χ3v) is 5.33. The fraction of sp³-hybridized carbons (Fsp3) is 0.250. The van der Waals surface area contributed by atoms with Gasteiger partial charge in [0.2, 0.25) is 0 Å². The number of hydrogen-bond acceptors (Lipinski definition) is 5. The molecule has 0 fully saturated rings. The first-order valence-corrected chi connectivity index (χ1v) is 10.2. The summed E-state index contributed by atoms with van der Waals surface area (Å²) in [5.74, 6) is -1.54. The number of amides is 1. The van der Waals surface area contributed by atoms with E-state index in [1.807, 2.05) is 0 Å². The van der Waals surface area contributed by atoms with Gasteiger partial charge in [-0.15, -0.1) is 0 Å². The minimum absolute atomic E-state index is 0.0145. The van der Waals surface area contributed by atoms with Gasteiger partial charge >= 0.3 is 0 Å². The zero-order valence-corrected chi connectivity index (χ0v) is 17.6. The van der Waals surface area contributed by atoms with Gasteiger partial charge in [-0.25, -0.2) is 13.2 Å². The predicted molar refractivity (Wildman–Crippen MR) is 115 cm³/mol. The monoisotopic (exact) mass is 459 g/mol. The summed E-state index contributed by atoms with van der Waals surface area (Å²) in [6, 6.07) is 10.4. The van der Waals surface area contributed by atoms with E-state index in [1.54, 1.807) is 31.2 Å². The largest absolute Gasteiger partial charge is 0.492 e. The highest BCUT2D eigenvalue weighted by Gasteiger charge is 2.44. The number of aldehydes is 1. The minimum Gasteiger partial charge on any atom is -0.492 e. The second-order valence-corrected chi connectivity index (χ2v) is 7.33. The van der Waals surface area contributed by atoms with Gasteiger partial charge < -0.3 is 19.4 Å². The van der Waals surface area contributed by atoms with Crippen molar-refractivity contribution in [3.63, 3.8) is 0 Å². The quantitative estimate of drug-likeness (QED) is 0.505. The van der Waals surface area contributed by atoms with Crippen LogP contribution < -0.4 is 14.4 Å². The van der Waals surface area contributed by atoms with Crippen molar-refractivity contribution < 1.29 is 37.3 Å². The van der Waals surface area contributed by atoms with E-state index in [4.69, 9.17) is 9.47 Å². The van der Waals surface area contributed by atoms with Gasteiger partial charge in [-0.05, 0) is 24.6 Å². The van der Waals surface area contributed by atoms with Crippen molar-refractivity contribution >= 4 is 28.7 Å². The van der Waals surface area contributed by atoms with Crippen LogP contribution in [0.2, 0.25) is 0 Å². The first-order chi connectivity index (χ1) is 15.9. The fourth-order valence-corrected chi connectivity index (χ4v) is 4.02. The Labute approximate surface area is 187 Å². The summed E-state index contributed by atoms with van der Waals surface area (Å²) in [6.07, 6.45) is -3.90. The Kier molecular flexibility index (Phi) is 6.24. The second-order valence-electron chi connectivity index (χ2n) is 7.33. The van der Waals surface area contributed by atoms with E-state index in [2.05, 4.69) is 0 Å². The Balaban J connectivity index is 1.94. The van der Waals surface area contributed by atoms with Crippen molar-refractivity contribution in [2.75, 3.05) is 18.1 Å². The van der Waals surface area contributed by atoms with E-state index in [1.165, 1.54) is 12.1 Å². The molecule has 3 aromatic carbocycles. The van der Waals surface area contributed by atoms with E-state index in [0.29, 0.717) is 22.6 Å². The van der Waals surface area contributed by atoms with Crippen LogP contribution in [0.1, 0.15) is 34.6 Å². The number of nitrogens with zero attached hydrogens (tertiary/aromatic N) is 1. The highest BCUT2D eigenvalue weighted by molar-refractivity contribution is 6.17. The van der Waals surface area contributed by atoms with Crippen molar-refractivity contribution in [3.05, 3.63) is 65.0 Å². The molecule has 9 heteroatoms. The molecule has 0 radical (unpaired) electrons. The van der Waals surface area contributed by atoms with Gasteiger partial charge in [0.05, 0.1) is 23.4 Å². The lowest BCUT2D eigenvalue weighted by Crippen LogP contribution is -2.28. The number of aliphatic hydroxyl groups excluding tert-OH is 1. The van der Waals surface area contributed by atoms with Crippen LogP contribution in [0.25, 0.3) is 10.8 Å². The summed E-state index contributed by atoms with van der Waals surface area (Å²) < 4.78 is 51.9. The van der Waals surface area contributed by atoms with Crippen LogP contribution in [-0.2, 0) is 11.2 Å². The van der Waals surface area contributed by atoms with E-state index in [0.717, 1.165) is 11.0 Å². The van der Waals surface area contributed by atoms with E-state index in [9.17, 15) is 27.9 Å². The number of carbonyl (C=O) groups is 2. The van der Waals surface area contributed by atoms with Gasteiger partial charge in [0.1, 0.15) is 30.2 Å². The standard InChI is InChI=1S/C24H20F3NO5/c1-2-32-21-14-5-3-4-6-15(14)22(33-12-18(26)27)20-19(21)23(30)28(24(20)31)17-8-7-13(9-10-29)11-16(17)25/h3-8,10-11,18,24,31H,2,9,12H2,1H3.